The van der Waals surface area contributed by atoms with Crippen LogP contribution >= 0.6 is 0 Å². The minimum absolute atomic E-state index is 0.00263. The van der Waals surface area contributed by atoms with Crippen LogP contribution in [0.5, 0.6) is 0 Å². The van der Waals surface area contributed by atoms with Crippen LogP contribution in [0.2, 0.25) is 0 Å². The van der Waals surface area contributed by atoms with Gasteiger partial charge in [0.1, 0.15) is 0 Å². The van der Waals surface area contributed by atoms with Gasteiger partial charge in [-0.15, -0.1) is 0 Å². The van der Waals surface area contributed by atoms with E-state index < -0.39 is 0 Å². The summed E-state index contributed by atoms with van der Waals surface area (Å²) in [7, 11) is 0. The summed E-state index contributed by atoms with van der Waals surface area (Å²) in [6, 6.07) is 68.9. The SMILES string of the molecule is Cc1cc(N(c2cccc3c2C(C)(C)c2ccccc2-3)c2c(C)cc(C(C)(C)C)cc2C)cc(N2c3ccccc3C3(C)CCCCC23C)c1.Cc1cc2c3c(c1)N1c4c(cccc4C4(C)CCCCC14C)B3c1ccc3c(c1N2c1c(C)cc(C(C)(C)C)cc1C)C(C)(C)c1ccccc1-3. The van der Waals surface area contributed by atoms with Gasteiger partial charge in [-0.1, -0.05) is 242 Å². The number of aryl methyl sites for hydroxylation is 6. The van der Waals surface area contributed by atoms with Crippen molar-refractivity contribution in [2.45, 2.75) is 233 Å². The van der Waals surface area contributed by atoms with E-state index in [1.54, 1.807) is 5.56 Å². The Hall–Kier alpha value is -8.54. The third-order valence-electron chi connectivity index (χ3n) is 27.3. The summed E-state index contributed by atoms with van der Waals surface area (Å²) in [4.78, 5) is 10.9. The monoisotopic (exact) mass is 1320 g/mol. The van der Waals surface area contributed by atoms with Crippen LogP contribution in [0.3, 0.4) is 0 Å². The predicted octanol–water partition coefficient (Wildman–Crippen LogP) is 24.0. The molecule has 18 rings (SSSR count). The van der Waals surface area contributed by atoms with E-state index in [0.717, 1.165) is 0 Å². The maximum atomic E-state index is 2.86. The van der Waals surface area contributed by atoms with Crippen molar-refractivity contribution in [3.63, 3.8) is 0 Å². The second kappa shape index (κ2) is 22.0. The van der Waals surface area contributed by atoms with E-state index >= 15 is 0 Å². The van der Waals surface area contributed by atoms with E-state index in [0.29, 0.717) is 0 Å². The predicted molar refractivity (Wildman–Crippen MR) is 433 cm³/mol. The van der Waals surface area contributed by atoms with Gasteiger partial charge in [-0.25, -0.2) is 0 Å². The Bertz CT molecular complexity index is 5130. The molecule has 0 aromatic heterocycles. The molecule has 0 spiro atoms. The molecule has 0 radical (unpaired) electrons. The molecule has 0 saturated heterocycles. The van der Waals surface area contributed by atoms with Crippen LogP contribution < -0.4 is 36.0 Å². The molecule has 4 nitrogen and oxygen atoms in total. The fourth-order valence-corrected chi connectivity index (χ4v) is 22.0. The second-order valence-corrected chi connectivity index (χ2v) is 36.3. The first-order valence-electron chi connectivity index (χ1n) is 38.3. The Morgan fingerprint density at radius 2 is 0.871 bits per heavy atom. The second-order valence-electron chi connectivity index (χ2n) is 36.3. The number of para-hydroxylation sites is 2. The van der Waals surface area contributed by atoms with Crippen LogP contribution in [0.1, 0.15) is 226 Å². The molecule has 8 aliphatic rings. The van der Waals surface area contributed by atoms with Crippen molar-refractivity contribution >= 4 is 80.0 Å². The largest absolute Gasteiger partial charge is 0.335 e. The molecular weight excluding hydrogens is 1220 g/mol. The fourth-order valence-electron chi connectivity index (χ4n) is 22.0. The summed E-state index contributed by atoms with van der Waals surface area (Å²) in [5.74, 6) is 0. The van der Waals surface area contributed by atoms with E-state index in [1.165, 1.54) is 219 Å². The lowest BCUT2D eigenvalue weighted by atomic mass is 9.33. The van der Waals surface area contributed by atoms with Gasteiger partial charge in [0.15, 0.2) is 0 Å². The van der Waals surface area contributed by atoms with Gasteiger partial charge in [-0.3, -0.25) is 0 Å². The van der Waals surface area contributed by atoms with Crippen molar-refractivity contribution in [1.82, 2.24) is 0 Å². The summed E-state index contributed by atoms with van der Waals surface area (Å²) in [5.41, 5.74) is 43.0. The molecule has 4 unspecified atom stereocenters. The zero-order valence-electron chi connectivity index (χ0n) is 64.3. The number of hydrogen-bond donors (Lipinski definition) is 0. The Morgan fingerprint density at radius 3 is 1.50 bits per heavy atom. The molecule has 4 atom stereocenters. The number of hydrogen-bond acceptors (Lipinski definition) is 4. The minimum Gasteiger partial charge on any atom is -0.335 e. The number of rotatable bonds is 5. The molecule has 0 N–H and O–H groups in total. The van der Waals surface area contributed by atoms with Crippen molar-refractivity contribution in [2.75, 3.05) is 19.6 Å². The zero-order chi connectivity index (χ0) is 70.9. The third kappa shape index (κ3) is 8.98. The molecule has 101 heavy (non-hydrogen) atoms. The Balaban J connectivity index is 0.000000151. The van der Waals surface area contributed by atoms with Gasteiger partial charge in [-0.2, -0.15) is 0 Å². The van der Waals surface area contributed by atoms with Crippen molar-refractivity contribution in [1.29, 1.82) is 0 Å². The highest BCUT2D eigenvalue weighted by molar-refractivity contribution is 7.00. The molecule has 4 aliphatic heterocycles. The zero-order valence-corrected chi connectivity index (χ0v) is 64.3. The van der Waals surface area contributed by atoms with Gasteiger partial charge in [0.25, 0.3) is 6.71 Å². The molecule has 0 amide bonds. The first kappa shape index (κ1) is 65.8. The van der Waals surface area contributed by atoms with Crippen LogP contribution in [-0.4, -0.2) is 17.8 Å². The van der Waals surface area contributed by atoms with Crippen LogP contribution in [-0.2, 0) is 32.5 Å². The molecule has 5 heteroatoms. The molecule has 4 aliphatic carbocycles. The van der Waals surface area contributed by atoms with Crippen LogP contribution in [0.25, 0.3) is 22.3 Å². The highest BCUT2D eigenvalue weighted by Gasteiger charge is 2.62. The van der Waals surface area contributed by atoms with Crippen LogP contribution in [0, 0.1) is 41.5 Å². The van der Waals surface area contributed by atoms with Crippen molar-refractivity contribution in [2.24, 2.45) is 0 Å². The fraction of sp³-hybridized carbons (Fsp3) is 0.375. The first-order chi connectivity index (χ1) is 47.8. The molecule has 0 bridgehead atoms. The molecule has 2 fully saturated rings. The molecule has 10 aromatic rings. The summed E-state index contributed by atoms with van der Waals surface area (Å²) >= 11 is 0. The van der Waals surface area contributed by atoms with Gasteiger partial charge in [0.2, 0.25) is 0 Å². The summed E-state index contributed by atoms with van der Waals surface area (Å²) < 4.78 is 0. The van der Waals surface area contributed by atoms with E-state index in [1.807, 2.05) is 0 Å². The van der Waals surface area contributed by atoms with E-state index in [9.17, 15) is 0 Å². The summed E-state index contributed by atoms with van der Waals surface area (Å²) in [5, 5.41) is 0. The first-order valence-corrected chi connectivity index (χ1v) is 38.3. The normalized spacial score (nSPS) is 22.4. The average molecular weight is 1330 g/mol. The minimum atomic E-state index is -0.151. The molecule has 2 saturated carbocycles. The average Bonchev–Trinajstić information content (AvgIpc) is 1.53. The maximum absolute atomic E-state index is 2.86. The Morgan fingerprint density at radius 1 is 0.386 bits per heavy atom. The van der Waals surface area contributed by atoms with E-state index in [2.05, 4.69) is 334 Å². The smallest absolute Gasteiger partial charge is 0.252 e. The van der Waals surface area contributed by atoms with Crippen LogP contribution in [0.15, 0.2) is 176 Å². The quantitative estimate of drug-likeness (QED) is 0.159. The van der Waals surface area contributed by atoms with E-state index in [4.69, 9.17) is 0 Å². The van der Waals surface area contributed by atoms with Gasteiger partial charge in [0.05, 0.1) is 28.1 Å². The van der Waals surface area contributed by atoms with Crippen molar-refractivity contribution in [3.8, 4) is 22.3 Å². The summed E-state index contributed by atoms with van der Waals surface area (Å²) in [6.45, 7) is 48.1. The van der Waals surface area contributed by atoms with Gasteiger partial charge >= 0.3 is 0 Å². The molecule has 10 aromatic carbocycles. The Labute approximate surface area is 605 Å². The molecule has 512 valence electrons. The standard InChI is InChI=1S/C48H51BN2.C48H54N2/c1-28-24-38-41-39(25-28)51-43-35(47(9)22-13-14-23-48(47,51)10)18-15-19-36(43)49(41)37-21-20-33-32-16-11-12-17-34(32)46(7,8)40(33)44(37)50(38)42-29(2)26-31(27-30(42)3)45(4,5)6;1-31-26-35(30-36(27-31)50-41-22-14-13-21-40(41)47(9)24-15-16-25-48(47,50)10)49(44-32(2)28-34(29-33(44)3)45(4,5)6)42-23-17-19-38-37-18-11-12-20-39(37)46(7,8)43(38)42/h11-12,15-21,24-27H,13-14,22-23H2,1-10H3;11-14,17-23,26-30H,15-16,24-25H2,1-10H3. The van der Waals surface area contributed by atoms with E-state index in [-0.39, 0.29) is 50.3 Å². The van der Waals surface area contributed by atoms with Gasteiger partial charge in [0, 0.05) is 61.5 Å². The van der Waals surface area contributed by atoms with Crippen LogP contribution in [0.4, 0.5) is 56.9 Å². The summed E-state index contributed by atoms with van der Waals surface area (Å²) in [6.07, 6.45) is 10.0. The van der Waals surface area contributed by atoms with Crippen molar-refractivity contribution in [3.05, 3.63) is 254 Å². The maximum Gasteiger partial charge on any atom is 0.252 e. The molecule has 4 heterocycles. The number of anilines is 10. The highest BCUT2D eigenvalue weighted by Crippen LogP contribution is 2.65. The number of benzene rings is 10. The lowest BCUT2D eigenvalue weighted by molar-refractivity contribution is 0.195. The van der Waals surface area contributed by atoms with Gasteiger partial charge in [-0.05, 0) is 251 Å². The van der Waals surface area contributed by atoms with Crippen molar-refractivity contribution < 1.29 is 0 Å². The topological polar surface area (TPSA) is 13.0 Å². The molecular formula is C96H105BN4. The van der Waals surface area contributed by atoms with Gasteiger partial charge < -0.3 is 19.6 Å². The number of nitrogens with zero attached hydrogens (tertiary/aromatic N) is 4. The Kier molecular flexibility index (Phi) is 14.3. The lowest BCUT2D eigenvalue weighted by Gasteiger charge is -2.53. The lowest BCUT2D eigenvalue weighted by Crippen LogP contribution is -2.64. The number of fused-ring (bicyclic) bond motifs is 17. The third-order valence-corrected chi connectivity index (χ3v) is 27.3. The highest BCUT2D eigenvalue weighted by atomic mass is 15.3.